The van der Waals surface area contributed by atoms with Gasteiger partial charge in [-0.05, 0) is 51.1 Å². The highest BCUT2D eigenvalue weighted by Crippen LogP contribution is 2.35. The van der Waals surface area contributed by atoms with Crippen LogP contribution in [0.2, 0.25) is 0 Å². The molecule has 7 nitrogen and oxygen atoms in total. The summed E-state index contributed by atoms with van der Waals surface area (Å²) in [5.41, 5.74) is 2.50. The summed E-state index contributed by atoms with van der Waals surface area (Å²) in [6.07, 6.45) is 4.57. The molecule has 1 fully saturated rings. The minimum Gasteiger partial charge on any atom is -0.444 e. The lowest BCUT2D eigenvalue weighted by atomic mass is 10.1. The van der Waals surface area contributed by atoms with Gasteiger partial charge in [0.05, 0.1) is 29.5 Å². The van der Waals surface area contributed by atoms with Gasteiger partial charge in [0, 0.05) is 24.8 Å². The van der Waals surface area contributed by atoms with Crippen LogP contribution in [-0.4, -0.2) is 49.2 Å². The summed E-state index contributed by atoms with van der Waals surface area (Å²) in [5.74, 6) is -0.302. The molecule has 0 unspecified atom stereocenters. The van der Waals surface area contributed by atoms with Crippen LogP contribution < -0.4 is 0 Å². The summed E-state index contributed by atoms with van der Waals surface area (Å²) < 4.78 is 20.8. The maximum absolute atomic E-state index is 13.4. The summed E-state index contributed by atoms with van der Waals surface area (Å²) in [6.45, 7) is 6.58. The van der Waals surface area contributed by atoms with Crippen molar-refractivity contribution in [2.45, 2.75) is 32.4 Å². The average Bonchev–Trinajstić information content (AvgIpc) is 3.05. The zero-order chi connectivity index (χ0) is 20.6. The van der Waals surface area contributed by atoms with E-state index in [1.54, 1.807) is 29.6 Å². The van der Waals surface area contributed by atoms with Crippen LogP contribution in [0, 0.1) is 5.82 Å². The predicted molar refractivity (Wildman–Crippen MR) is 105 cm³/mol. The van der Waals surface area contributed by atoms with Gasteiger partial charge in [0.2, 0.25) is 0 Å². The molecule has 0 N–H and O–H groups in total. The maximum Gasteiger partial charge on any atom is 0.410 e. The zero-order valence-corrected chi connectivity index (χ0v) is 16.5. The minimum atomic E-state index is -0.529. The van der Waals surface area contributed by atoms with Crippen LogP contribution in [0.1, 0.15) is 26.8 Å². The number of hydrogen-bond donors (Lipinski definition) is 0. The number of rotatable bonds is 3. The van der Waals surface area contributed by atoms with E-state index >= 15 is 0 Å². The highest BCUT2D eigenvalue weighted by atomic mass is 19.1. The van der Waals surface area contributed by atoms with Crippen molar-refractivity contribution in [3.05, 3.63) is 55.0 Å². The number of benzene rings is 1. The molecular formula is C21H22FN5O2. The van der Waals surface area contributed by atoms with Gasteiger partial charge in [-0.2, -0.15) is 0 Å². The fourth-order valence-corrected chi connectivity index (χ4v) is 3.25. The van der Waals surface area contributed by atoms with Crippen molar-refractivity contribution in [3.8, 4) is 22.6 Å². The topological polar surface area (TPSA) is 73.1 Å². The second kappa shape index (κ2) is 7.27. The second-order valence-electron chi connectivity index (χ2n) is 7.99. The number of likely N-dealkylation sites (tertiary alicyclic amines) is 1. The van der Waals surface area contributed by atoms with Crippen LogP contribution in [0.25, 0.3) is 22.6 Å². The van der Waals surface area contributed by atoms with E-state index in [1.807, 2.05) is 31.4 Å². The Morgan fingerprint density at radius 1 is 1.14 bits per heavy atom. The lowest BCUT2D eigenvalue weighted by molar-refractivity contribution is 0.00123. The summed E-state index contributed by atoms with van der Waals surface area (Å²) in [5, 5.41) is 0. The molecule has 1 aliphatic rings. The van der Waals surface area contributed by atoms with Crippen LogP contribution in [0.15, 0.2) is 49.2 Å². The summed E-state index contributed by atoms with van der Waals surface area (Å²) in [6, 6.07) is 8.07. The first-order valence-electron chi connectivity index (χ1n) is 9.39. The van der Waals surface area contributed by atoms with E-state index in [-0.39, 0.29) is 18.0 Å². The molecule has 2 aromatic heterocycles. The number of nitrogens with zero attached hydrogens (tertiary/aromatic N) is 5. The first-order valence-corrected chi connectivity index (χ1v) is 9.39. The first kappa shape index (κ1) is 19.0. The zero-order valence-electron chi connectivity index (χ0n) is 16.5. The average molecular weight is 395 g/mol. The van der Waals surface area contributed by atoms with E-state index in [9.17, 15) is 9.18 Å². The van der Waals surface area contributed by atoms with Crippen LogP contribution in [0.3, 0.4) is 0 Å². The Morgan fingerprint density at radius 2 is 1.86 bits per heavy atom. The Bertz CT molecular complexity index is 1010. The number of imidazole rings is 1. The third-order valence-electron chi connectivity index (χ3n) is 4.64. The van der Waals surface area contributed by atoms with Gasteiger partial charge in [-0.25, -0.2) is 24.1 Å². The summed E-state index contributed by atoms with van der Waals surface area (Å²) in [4.78, 5) is 26.9. The number of carbonyl (C=O) groups is 1. The quantitative estimate of drug-likeness (QED) is 0.672. The molecule has 1 saturated heterocycles. The van der Waals surface area contributed by atoms with E-state index < -0.39 is 5.60 Å². The summed E-state index contributed by atoms with van der Waals surface area (Å²) in [7, 11) is 0. The molecule has 1 aliphatic heterocycles. The maximum atomic E-state index is 13.4. The van der Waals surface area contributed by atoms with Gasteiger partial charge in [-0.3, -0.25) is 0 Å². The van der Waals surface area contributed by atoms with Gasteiger partial charge in [0.15, 0.2) is 0 Å². The highest BCUT2D eigenvalue weighted by Gasteiger charge is 2.36. The predicted octanol–water partition coefficient (Wildman–Crippen LogP) is 3.94. The Balaban J connectivity index is 1.63. The lowest BCUT2D eigenvalue weighted by Crippen LogP contribution is -2.52. The monoisotopic (exact) mass is 395 g/mol. The van der Waals surface area contributed by atoms with Crippen LogP contribution >= 0.6 is 0 Å². The Morgan fingerprint density at radius 3 is 2.48 bits per heavy atom. The highest BCUT2D eigenvalue weighted by molar-refractivity contribution is 5.77. The normalized spacial score (nSPS) is 14.6. The number of carbonyl (C=O) groups excluding carboxylic acids is 1. The Labute approximate surface area is 168 Å². The molecule has 0 radical (unpaired) electrons. The van der Waals surface area contributed by atoms with Gasteiger partial charge in [-0.1, -0.05) is 0 Å². The minimum absolute atomic E-state index is 0.0502. The van der Waals surface area contributed by atoms with Gasteiger partial charge < -0.3 is 14.2 Å². The molecule has 29 heavy (non-hydrogen) atoms. The Kier molecular flexibility index (Phi) is 4.77. The van der Waals surface area contributed by atoms with Crippen LogP contribution in [0.5, 0.6) is 0 Å². The molecular weight excluding hydrogens is 373 g/mol. The van der Waals surface area contributed by atoms with Gasteiger partial charge >= 0.3 is 6.09 Å². The fourth-order valence-electron chi connectivity index (χ4n) is 3.25. The van der Waals surface area contributed by atoms with Crippen molar-refractivity contribution < 1.29 is 13.9 Å². The number of amides is 1. The summed E-state index contributed by atoms with van der Waals surface area (Å²) >= 11 is 0. The first-order chi connectivity index (χ1) is 13.8. The molecule has 0 bridgehead atoms. The molecule has 0 saturated carbocycles. The SMILES string of the molecule is CC(C)(C)OC(=O)N1CC(n2cnc(-c3ccc(F)cc3)c2-c2ccncn2)C1. The molecule has 0 aliphatic carbocycles. The van der Waals surface area contributed by atoms with Crippen molar-refractivity contribution >= 4 is 6.09 Å². The number of halogens is 1. The number of aromatic nitrogens is 4. The number of ether oxygens (including phenoxy) is 1. The molecule has 3 heterocycles. The third kappa shape index (κ3) is 3.96. The number of hydrogen-bond acceptors (Lipinski definition) is 5. The van der Waals surface area contributed by atoms with E-state index in [1.165, 1.54) is 18.5 Å². The third-order valence-corrected chi connectivity index (χ3v) is 4.64. The van der Waals surface area contributed by atoms with E-state index in [4.69, 9.17) is 4.74 Å². The molecule has 0 atom stereocenters. The Hall–Kier alpha value is -3.29. The molecule has 4 rings (SSSR count). The van der Waals surface area contributed by atoms with Gasteiger partial charge in [0.1, 0.15) is 17.7 Å². The largest absolute Gasteiger partial charge is 0.444 e. The molecule has 8 heteroatoms. The van der Waals surface area contributed by atoms with Crippen molar-refractivity contribution in [2.24, 2.45) is 0 Å². The molecule has 1 aromatic carbocycles. The fraction of sp³-hybridized carbons (Fsp3) is 0.333. The second-order valence-corrected chi connectivity index (χ2v) is 7.99. The van der Waals surface area contributed by atoms with Crippen molar-refractivity contribution in [1.82, 2.24) is 24.4 Å². The molecule has 1 amide bonds. The van der Waals surface area contributed by atoms with E-state index in [0.717, 1.165) is 11.3 Å². The van der Waals surface area contributed by atoms with Crippen molar-refractivity contribution in [2.75, 3.05) is 13.1 Å². The smallest absolute Gasteiger partial charge is 0.410 e. The van der Waals surface area contributed by atoms with Crippen molar-refractivity contribution in [3.63, 3.8) is 0 Å². The van der Waals surface area contributed by atoms with Gasteiger partial charge in [0.25, 0.3) is 0 Å². The molecule has 150 valence electrons. The molecule has 0 spiro atoms. The van der Waals surface area contributed by atoms with Crippen LogP contribution in [-0.2, 0) is 4.74 Å². The van der Waals surface area contributed by atoms with Crippen molar-refractivity contribution in [1.29, 1.82) is 0 Å². The standard InChI is InChI=1S/C21H22FN5O2/c1-21(2,3)29-20(28)26-10-16(11-26)27-13-25-18(14-4-6-15(22)7-5-14)19(27)17-8-9-23-12-24-17/h4-9,12-13,16H,10-11H2,1-3H3. The van der Waals surface area contributed by atoms with Crippen LogP contribution in [0.4, 0.5) is 9.18 Å². The lowest BCUT2D eigenvalue weighted by Gasteiger charge is -2.40. The van der Waals surface area contributed by atoms with E-state index in [0.29, 0.717) is 24.5 Å². The van der Waals surface area contributed by atoms with E-state index in [2.05, 4.69) is 15.0 Å². The van der Waals surface area contributed by atoms with Gasteiger partial charge in [-0.15, -0.1) is 0 Å². The molecule has 3 aromatic rings.